The van der Waals surface area contributed by atoms with Gasteiger partial charge in [-0.05, 0) is 23.6 Å². The Labute approximate surface area is 109 Å². The maximum Gasteiger partial charge on any atom is 0.416 e. The molecule has 2 rings (SSSR count). The number of fused-ring (bicyclic) bond motifs is 1. The van der Waals surface area contributed by atoms with Crippen LogP contribution in [0.2, 0.25) is 0 Å². The van der Waals surface area contributed by atoms with Gasteiger partial charge >= 0.3 is 6.18 Å². The third-order valence-corrected chi connectivity index (χ3v) is 3.33. The molecular formula is C13H16F3NO2. The molecule has 1 aromatic rings. The molecule has 1 atom stereocenters. The van der Waals surface area contributed by atoms with Crippen LogP contribution in [0.1, 0.15) is 16.7 Å². The average Bonchev–Trinajstić information content (AvgIpc) is 2.36. The summed E-state index contributed by atoms with van der Waals surface area (Å²) in [5.74, 6) is 0. The normalized spacial score (nSPS) is 18.2. The highest BCUT2D eigenvalue weighted by Crippen LogP contribution is 2.35. The number of hydrogen-bond donors (Lipinski definition) is 2. The Hall–Kier alpha value is -1.11. The first-order chi connectivity index (χ1) is 8.91. The largest absolute Gasteiger partial charge is 0.416 e. The number of benzene rings is 1. The second-order valence-electron chi connectivity index (χ2n) is 4.76. The summed E-state index contributed by atoms with van der Waals surface area (Å²) < 4.78 is 38.6. The summed E-state index contributed by atoms with van der Waals surface area (Å²) in [6.07, 6.45) is -4.87. The summed E-state index contributed by atoms with van der Waals surface area (Å²) in [6, 6.07) is 4.20. The number of rotatable bonds is 3. The first-order valence-electron chi connectivity index (χ1n) is 6.11. The van der Waals surface area contributed by atoms with E-state index >= 15 is 0 Å². The molecule has 19 heavy (non-hydrogen) atoms. The quantitative estimate of drug-likeness (QED) is 0.876. The van der Waals surface area contributed by atoms with Crippen LogP contribution in [0.4, 0.5) is 13.2 Å². The molecule has 0 saturated heterocycles. The van der Waals surface area contributed by atoms with Crippen LogP contribution < -0.4 is 0 Å². The Bertz CT molecular complexity index is 448. The molecule has 0 radical (unpaired) electrons. The zero-order valence-corrected chi connectivity index (χ0v) is 10.3. The molecule has 1 aromatic carbocycles. The lowest BCUT2D eigenvalue weighted by Gasteiger charge is -2.31. The third kappa shape index (κ3) is 3.26. The summed E-state index contributed by atoms with van der Waals surface area (Å²) in [5.41, 5.74) is 0.434. The Kier molecular flexibility index (Phi) is 4.13. The van der Waals surface area contributed by atoms with Crippen LogP contribution in [0.25, 0.3) is 0 Å². The zero-order chi connectivity index (χ0) is 14.0. The van der Waals surface area contributed by atoms with Crippen LogP contribution in [-0.2, 0) is 19.1 Å². The van der Waals surface area contributed by atoms with Crippen molar-refractivity contribution in [1.82, 2.24) is 4.90 Å². The number of halogens is 3. The van der Waals surface area contributed by atoms with E-state index in [9.17, 15) is 18.3 Å². The molecule has 0 saturated carbocycles. The fourth-order valence-corrected chi connectivity index (χ4v) is 2.45. The Morgan fingerprint density at radius 1 is 1.32 bits per heavy atom. The van der Waals surface area contributed by atoms with E-state index in [4.69, 9.17) is 5.11 Å². The van der Waals surface area contributed by atoms with Crippen molar-refractivity contribution >= 4 is 0 Å². The summed E-state index contributed by atoms with van der Waals surface area (Å²) in [7, 11) is 0. The lowest BCUT2D eigenvalue weighted by Crippen LogP contribution is -2.38. The van der Waals surface area contributed by atoms with Gasteiger partial charge in [0.25, 0.3) is 0 Å². The van der Waals surface area contributed by atoms with Gasteiger partial charge in [0.1, 0.15) is 0 Å². The number of β-amino-alcohol motifs (C(OH)–C–C–N with tert-alkyl or cyclic N) is 1. The maximum absolute atomic E-state index is 12.9. The van der Waals surface area contributed by atoms with Crippen molar-refractivity contribution in [2.75, 3.05) is 19.7 Å². The van der Waals surface area contributed by atoms with Gasteiger partial charge in [0.15, 0.2) is 0 Å². The van der Waals surface area contributed by atoms with Crippen molar-refractivity contribution in [3.05, 3.63) is 34.9 Å². The molecule has 1 aliphatic heterocycles. The average molecular weight is 275 g/mol. The van der Waals surface area contributed by atoms with E-state index in [0.717, 1.165) is 6.07 Å². The smallest absolute Gasteiger partial charge is 0.394 e. The molecule has 1 aliphatic rings. The molecule has 1 heterocycles. The van der Waals surface area contributed by atoms with Gasteiger partial charge < -0.3 is 10.2 Å². The standard InChI is InChI=1S/C13H16F3NO2/c14-13(15,16)12-3-1-2-9-6-17(5-4-11(9)12)7-10(19)8-18/h1-3,10,18-19H,4-8H2. The Morgan fingerprint density at radius 3 is 2.68 bits per heavy atom. The van der Waals surface area contributed by atoms with Crippen LogP contribution in [0.15, 0.2) is 18.2 Å². The monoisotopic (exact) mass is 275 g/mol. The van der Waals surface area contributed by atoms with Crippen LogP contribution in [0.3, 0.4) is 0 Å². The van der Waals surface area contributed by atoms with Gasteiger partial charge in [0.2, 0.25) is 0 Å². The molecule has 0 spiro atoms. The highest BCUT2D eigenvalue weighted by Gasteiger charge is 2.35. The molecule has 0 aromatic heterocycles. The lowest BCUT2D eigenvalue weighted by atomic mass is 9.94. The third-order valence-electron chi connectivity index (χ3n) is 3.33. The van der Waals surface area contributed by atoms with E-state index in [0.29, 0.717) is 30.6 Å². The van der Waals surface area contributed by atoms with E-state index < -0.39 is 17.8 Å². The summed E-state index contributed by atoms with van der Waals surface area (Å²) in [6.45, 7) is 0.756. The van der Waals surface area contributed by atoms with Crippen molar-refractivity contribution in [2.24, 2.45) is 0 Å². The maximum atomic E-state index is 12.9. The first kappa shape index (κ1) is 14.3. The van der Waals surface area contributed by atoms with Crippen LogP contribution in [-0.4, -0.2) is 40.9 Å². The Morgan fingerprint density at radius 2 is 2.05 bits per heavy atom. The minimum atomic E-state index is -4.32. The minimum Gasteiger partial charge on any atom is -0.394 e. The van der Waals surface area contributed by atoms with Crippen molar-refractivity contribution in [2.45, 2.75) is 25.2 Å². The van der Waals surface area contributed by atoms with E-state index in [-0.39, 0.29) is 13.2 Å². The van der Waals surface area contributed by atoms with E-state index in [1.165, 1.54) is 6.07 Å². The fraction of sp³-hybridized carbons (Fsp3) is 0.538. The first-order valence-corrected chi connectivity index (χ1v) is 6.11. The summed E-state index contributed by atoms with van der Waals surface area (Å²) in [5, 5.41) is 18.2. The molecule has 0 amide bonds. The molecule has 2 N–H and O–H groups in total. The minimum absolute atomic E-state index is 0.270. The number of alkyl halides is 3. The second-order valence-corrected chi connectivity index (χ2v) is 4.76. The van der Waals surface area contributed by atoms with Gasteiger partial charge in [0.05, 0.1) is 18.3 Å². The van der Waals surface area contributed by atoms with Crippen molar-refractivity contribution in [3.63, 3.8) is 0 Å². The fourth-order valence-electron chi connectivity index (χ4n) is 2.45. The summed E-state index contributed by atoms with van der Waals surface area (Å²) >= 11 is 0. The van der Waals surface area contributed by atoms with Crippen molar-refractivity contribution in [1.29, 1.82) is 0 Å². The zero-order valence-electron chi connectivity index (χ0n) is 10.3. The predicted octanol–water partition coefficient (Wildman–Crippen LogP) is 1.42. The van der Waals surface area contributed by atoms with Crippen LogP contribution >= 0.6 is 0 Å². The predicted molar refractivity (Wildman–Crippen MR) is 63.5 cm³/mol. The topological polar surface area (TPSA) is 43.7 Å². The molecular weight excluding hydrogens is 259 g/mol. The van der Waals surface area contributed by atoms with Crippen LogP contribution in [0.5, 0.6) is 0 Å². The molecule has 1 unspecified atom stereocenters. The van der Waals surface area contributed by atoms with E-state index in [2.05, 4.69) is 0 Å². The number of nitrogens with zero attached hydrogens (tertiary/aromatic N) is 1. The highest BCUT2D eigenvalue weighted by molar-refractivity contribution is 5.38. The number of hydrogen-bond acceptors (Lipinski definition) is 3. The molecule has 0 fully saturated rings. The van der Waals surface area contributed by atoms with Gasteiger partial charge in [0, 0.05) is 19.6 Å². The Balaban J connectivity index is 2.19. The molecule has 0 bridgehead atoms. The SMILES string of the molecule is OCC(O)CN1CCc2c(cccc2C(F)(F)F)C1. The summed E-state index contributed by atoms with van der Waals surface area (Å²) in [4.78, 5) is 1.85. The number of aliphatic hydroxyl groups excluding tert-OH is 2. The highest BCUT2D eigenvalue weighted by atomic mass is 19.4. The van der Waals surface area contributed by atoms with Gasteiger partial charge in [-0.2, -0.15) is 13.2 Å². The van der Waals surface area contributed by atoms with Crippen LogP contribution in [0, 0.1) is 0 Å². The van der Waals surface area contributed by atoms with E-state index in [1.807, 2.05) is 4.90 Å². The van der Waals surface area contributed by atoms with Gasteiger partial charge in [-0.25, -0.2) is 0 Å². The van der Waals surface area contributed by atoms with E-state index in [1.54, 1.807) is 6.07 Å². The van der Waals surface area contributed by atoms with Gasteiger partial charge in [-0.1, -0.05) is 12.1 Å². The lowest BCUT2D eigenvalue weighted by molar-refractivity contribution is -0.138. The molecule has 6 heteroatoms. The number of aliphatic hydroxyl groups is 2. The molecule has 0 aliphatic carbocycles. The second kappa shape index (κ2) is 5.48. The molecule has 3 nitrogen and oxygen atoms in total. The van der Waals surface area contributed by atoms with Gasteiger partial charge in [-0.3, -0.25) is 4.90 Å². The van der Waals surface area contributed by atoms with Crippen molar-refractivity contribution < 1.29 is 23.4 Å². The van der Waals surface area contributed by atoms with Gasteiger partial charge in [-0.15, -0.1) is 0 Å². The molecule has 106 valence electrons. The van der Waals surface area contributed by atoms with Crippen molar-refractivity contribution in [3.8, 4) is 0 Å².